The van der Waals surface area contributed by atoms with E-state index in [0.717, 1.165) is 25.7 Å². The number of rotatable bonds is 4. The quantitative estimate of drug-likeness (QED) is 0.700. The number of hydrogen-bond acceptors (Lipinski definition) is 3. The van der Waals surface area contributed by atoms with Gasteiger partial charge in [-0.15, -0.1) is 0 Å². The summed E-state index contributed by atoms with van der Waals surface area (Å²) < 4.78 is 0. The Morgan fingerprint density at radius 2 is 2.00 bits per heavy atom. The average Bonchev–Trinajstić information content (AvgIpc) is 3.04. The van der Waals surface area contributed by atoms with Crippen molar-refractivity contribution in [3.05, 3.63) is 0 Å². The lowest BCUT2D eigenvalue weighted by Crippen LogP contribution is -2.46. The van der Waals surface area contributed by atoms with E-state index in [1.165, 1.54) is 0 Å². The van der Waals surface area contributed by atoms with Crippen molar-refractivity contribution in [1.82, 2.24) is 10.2 Å². The van der Waals surface area contributed by atoms with Crippen molar-refractivity contribution in [1.29, 1.82) is 0 Å². The van der Waals surface area contributed by atoms with Crippen molar-refractivity contribution >= 4 is 12.0 Å². The number of hydrogen-bond donors (Lipinski definition) is 3. The van der Waals surface area contributed by atoms with Crippen LogP contribution >= 0.6 is 0 Å². The fraction of sp³-hybridized carbons (Fsp3) is 0.846. The number of nitrogens with zero attached hydrogens (tertiary/aromatic N) is 1. The molecule has 1 heterocycles. The lowest BCUT2D eigenvalue weighted by molar-refractivity contribution is -0.142. The van der Waals surface area contributed by atoms with Gasteiger partial charge in [0, 0.05) is 13.1 Å². The minimum absolute atomic E-state index is 0.00536. The molecule has 108 valence electrons. The fourth-order valence-electron chi connectivity index (χ4n) is 3.22. The van der Waals surface area contributed by atoms with Crippen LogP contribution in [0, 0.1) is 11.8 Å². The molecule has 3 unspecified atom stereocenters. The summed E-state index contributed by atoms with van der Waals surface area (Å²) in [6.07, 6.45) is 4.24. The van der Waals surface area contributed by atoms with Crippen LogP contribution in [0.1, 0.15) is 32.1 Å². The van der Waals surface area contributed by atoms with Crippen LogP contribution < -0.4 is 5.32 Å². The summed E-state index contributed by atoms with van der Waals surface area (Å²) in [5, 5.41) is 21.1. The second-order valence-corrected chi connectivity index (χ2v) is 5.49. The fourth-order valence-corrected chi connectivity index (χ4v) is 3.22. The first-order valence-electron chi connectivity index (χ1n) is 7.01. The molecule has 0 aromatic rings. The number of likely N-dealkylation sites (tertiary alicyclic amines) is 1. The molecule has 3 atom stereocenters. The van der Waals surface area contributed by atoms with Gasteiger partial charge >= 0.3 is 12.0 Å². The highest BCUT2D eigenvalue weighted by Gasteiger charge is 2.34. The second kappa shape index (κ2) is 6.23. The first-order chi connectivity index (χ1) is 9.13. The highest BCUT2D eigenvalue weighted by Crippen LogP contribution is 2.31. The van der Waals surface area contributed by atoms with Gasteiger partial charge in [0.25, 0.3) is 0 Å². The average molecular weight is 270 g/mol. The van der Waals surface area contributed by atoms with E-state index in [0.29, 0.717) is 19.5 Å². The molecule has 2 rings (SSSR count). The molecular formula is C13H22N2O4. The second-order valence-electron chi connectivity index (χ2n) is 5.49. The van der Waals surface area contributed by atoms with Crippen molar-refractivity contribution < 1.29 is 19.8 Å². The zero-order valence-corrected chi connectivity index (χ0v) is 11.0. The van der Waals surface area contributed by atoms with Crippen molar-refractivity contribution in [3.63, 3.8) is 0 Å². The van der Waals surface area contributed by atoms with Crippen LogP contribution in [0.5, 0.6) is 0 Å². The molecule has 1 saturated carbocycles. The molecule has 0 aromatic heterocycles. The van der Waals surface area contributed by atoms with Crippen LogP contribution in [-0.4, -0.2) is 52.9 Å². The minimum atomic E-state index is -0.758. The van der Waals surface area contributed by atoms with E-state index >= 15 is 0 Å². The lowest BCUT2D eigenvalue weighted by Gasteiger charge is -2.25. The number of amides is 2. The van der Waals surface area contributed by atoms with Gasteiger partial charge in [-0.25, -0.2) is 4.79 Å². The van der Waals surface area contributed by atoms with Gasteiger partial charge in [-0.3, -0.25) is 4.79 Å². The van der Waals surface area contributed by atoms with E-state index in [1.807, 2.05) is 0 Å². The van der Waals surface area contributed by atoms with Crippen molar-refractivity contribution in [3.8, 4) is 0 Å². The number of urea groups is 1. The third-order valence-electron chi connectivity index (χ3n) is 4.34. The van der Waals surface area contributed by atoms with Gasteiger partial charge in [0.2, 0.25) is 0 Å². The van der Waals surface area contributed by atoms with Crippen LogP contribution in [0.4, 0.5) is 4.79 Å². The standard InChI is InChI=1S/C13H22N2O4/c16-8-10-4-2-6-15(10)13(19)14-7-9-3-1-5-11(9)12(17)18/h9-11,16H,1-8H2,(H,14,19)(H,17,18). The van der Waals surface area contributed by atoms with E-state index in [2.05, 4.69) is 5.32 Å². The molecule has 19 heavy (non-hydrogen) atoms. The Morgan fingerprint density at radius 1 is 1.21 bits per heavy atom. The van der Waals surface area contributed by atoms with Gasteiger partial charge in [0.15, 0.2) is 0 Å². The molecule has 0 aromatic carbocycles. The van der Waals surface area contributed by atoms with Gasteiger partial charge in [0.05, 0.1) is 18.6 Å². The van der Waals surface area contributed by atoms with E-state index in [1.54, 1.807) is 4.90 Å². The topological polar surface area (TPSA) is 89.9 Å². The Labute approximate surface area is 112 Å². The molecule has 1 aliphatic heterocycles. The van der Waals surface area contributed by atoms with Crippen LogP contribution in [0.3, 0.4) is 0 Å². The normalized spacial score (nSPS) is 30.6. The number of aliphatic hydroxyl groups is 1. The smallest absolute Gasteiger partial charge is 0.317 e. The Balaban J connectivity index is 1.81. The first-order valence-corrected chi connectivity index (χ1v) is 7.01. The lowest BCUT2D eigenvalue weighted by atomic mass is 9.96. The highest BCUT2D eigenvalue weighted by molar-refractivity contribution is 5.75. The third-order valence-corrected chi connectivity index (χ3v) is 4.34. The molecule has 2 fully saturated rings. The Kier molecular flexibility index (Phi) is 4.63. The highest BCUT2D eigenvalue weighted by atomic mass is 16.4. The van der Waals surface area contributed by atoms with E-state index in [-0.39, 0.29) is 30.5 Å². The molecule has 6 heteroatoms. The summed E-state index contributed by atoms with van der Waals surface area (Å²) >= 11 is 0. The molecule has 0 spiro atoms. The zero-order valence-electron chi connectivity index (χ0n) is 11.0. The number of carboxylic acid groups (broad SMARTS) is 1. The number of carboxylic acids is 1. The van der Waals surface area contributed by atoms with Gasteiger partial charge in [0.1, 0.15) is 0 Å². The number of carbonyl (C=O) groups is 2. The molecule has 0 radical (unpaired) electrons. The Bertz CT molecular complexity index is 348. The predicted octanol–water partition coefficient (Wildman–Crippen LogP) is 0.654. The number of carbonyl (C=O) groups excluding carboxylic acids is 1. The summed E-state index contributed by atoms with van der Waals surface area (Å²) in [5.74, 6) is -1.05. The van der Waals surface area contributed by atoms with Gasteiger partial charge in [-0.05, 0) is 31.6 Å². The molecule has 1 saturated heterocycles. The maximum Gasteiger partial charge on any atom is 0.317 e. The van der Waals surface area contributed by atoms with Crippen LogP contribution in [0.15, 0.2) is 0 Å². The van der Waals surface area contributed by atoms with Gasteiger partial charge in [-0.2, -0.15) is 0 Å². The molecule has 0 bridgehead atoms. The molecule has 6 nitrogen and oxygen atoms in total. The molecule has 2 amide bonds. The largest absolute Gasteiger partial charge is 0.481 e. The maximum absolute atomic E-state index is 12.0. The summed E-state index contributed by atoms with van der Waals surface area (Å²) in [6, 6.07) is -0.258. The summed E-state index contributed by atoms with van der Waals surface area (Å²) in [4.78, 5) is 24.7. The van der Waals surface area contributed by atoms with E-state index < -0.39 is 5.97 Å². The van der Waals surface area contributed by atoms with E-state index in [4.69, 9.17) is 5.11 Å². The van der Waals surface area contributed by atoms with E-state index in [9.17, 15) is 14.7 Å². The molecule has 2 aliphatic rings. The SMILES string of the molecule is O=C(O)C1CCCC1CNC(=O)N1CCCC1CO. The maximum atomic E-state index is 12.0. The monoisotopic (exact) mass is 270 g/mol. The molecule has 1 aliphatic carbocycles. The summed E-state index contributed by atoms with van der Waals surface area (Å²) in [7, 11) is 0. The van der Waals surface area contributed by atoms with Gasteiger partial charge < -0.3 is 20.4 Å². The Hall–Kier alpha value is -1.30. The predicted molar refractivity (Wildman–Crippen MR) is 68.7 cm³/mol. The van der Waals surface area contributed by atoms with Crippen LogP contribution in [0.25, 0.3) is 0 Å². The molecular weight excluding hydrogens is 248 g/mol. The first kappa shape index (κ1) is 14.1. The number of aliphatic carboxylic acids is 1. The van der Waals surface area contributed by atoms with Crippen LogP contribution in [0.2, 0.25) is 0 Å². The summed E-state index contributed by atoms with van der Waals surface area (Å²) in [5.41, 5.74) is 0. The third kappa shape index (κ3) is 3.18. The van der Waals surface area contributed by atoms with Crippen molar-refractivity contribution in [2.24, 2.45) is 11.8 Å². The number of nitrogens with one attached hydrogen (secondary N) is 1. The van der Waals surface area contributed by atoms with Crippen LogP contribution in [-0.2, 0) is 4.79 Å². The molecule has 3 N–H and O–H groups in total. The Morgan fingerprint density at radius 3 is 2.68 bits per heavy atom. The van der Waals surface area contributed by atoms with Gasteiger partial charge in [-0.1, -0.05) is 6.42 Å². The minimum Gasteiger partial charge on any atom is -0.481 e. The summed E-state index contributed by atoms with van der Waals surface area (Å²) in [6.45, 7) is 1.09. The van der Waals surface area contributed by atoms with Crippen molar-refractivity contribution in [2.75, 3.05) is 19.7 Å². The zero-order chi connectivity index (χ0) is 13.8. The number of aliphatic hydroxyl groups excluding tert-OH is 1. The van der Waals surface area contributed by atoms with Crippen molar-refractivity contribution in [2.45, 2.75) is 38.1 Å².